The van der Waals surface area contributed by atoms with E-state index in [1.165, 1.54) is 12.1 Å². The van der Waals surface area contributed by atoms with Gasteiger partial charge in [-0.25, -0.2) is 4.39 Å². The molecule has 2 aromatic rings. The summed E-state index contributed by atoms with van der Waals surface area (Å²) in [5, 5.41) is 4.93. The minimum Gasteiger partial charge on any atom is -0.343 e. The van der Waals surface area contributed by atoms with Crippen molar-refractivity contribution in [3.05, 3.63) is 58.0 Å². The van der Waals surface area contributed by atoms with Crippen molar-refractivity contribution in [1.29, 1.82) is 0 Å². The lowest BCUT2D eigenvalue weighted by Crippen LogP contribution is -2.44. The molecule has 104 valence electrons. The molecule has 1 unspecified atom stereocenters. The summed E-state index contributed by atoms with van der Waals surface area (Å²) < 4.78 is 13.0. The van der Waals surface area contributed by atoms with Gasteiger partial charge >= 0.3 is 0 Å². The Bertz CT molecular complexity index is 605. The highest BCUT2D eigenvalue weighted by Gasteiger charge is 2.46. The van der Waals surface area contributed by atoms with Crippen LogP contribution in [0.2, 0.25) is 0 Å². The Morgan fingerprint density at radius 2 is 2.00 bits per heavy atom. The largest absolute Gasteiger partial charge is 0.343 e. The van der Waals surface area contributed by atoms with Crippen molar-refractivity contribution < 1.29 is 9.18 Å². The number of amides is 1. The van der Waals surface area contributed by atoms with Crippen LogP contribution in [0.15, 0.2) is 41.8 Å². The maximum atomic E-state index is 13.0. The molecule has 3 N–H and O–H groups in total. The number of benzene rings is 1. The molecule has 0 bridgehead atoms. The van der Waals surface area contributed by atoms with Crippen molar-refractivity contribution in [3.63, 3.8) is 0 Å². The third kappa shape index (κ3) is 2.59. The van der Waals surface area contributed by atoms with Gasteiger partial charge in [0.2, 0.25) is 5.91 Å². The summed E-state index contributed by atoms with van der Waals surface area (Å²) in [7, 11) is 0. The number of rotatable bonds is 4. The molecule has 1 atom stereocenters. The van der Waals surface area contributed by atoms with Gasteiger partial charge in [-0.15, -0.1) is 11.3 Å². The second-order valence-corrected chi connectivity index (χ2v) is 6.11. The molecule has 5 heteroatoms. The zero-order valence-corrected chi connectivity index (χ0v) is 11.6. The molecule has 3 nitrogen and oxygen atoms in total. The molecule has 1 aromatic heterocycles. The number of hydrogen-bond donors (Lipinski definition) is 2. The average Bonchev–Trinajstić information content (AvgIpc) is 2.99. The van der Waals surface area contributed by atoms with Crippen LogP contribution in [0.1, 0.15) is 29.3 Å². The van der Waals surface area contributed by atoms with Crippen LogP contribution in [0.25, 0.3) is 0 Å². The van der Waals surface area contributed by atoms with Crippen LogP contribution in [-0.2, 0) is 4.79 Å². The minimum absolute atomic E-state index is 0.139. The van der Waals surface area contributed by atoms with Crippen molar-refractivity contribution in [2.45, 2.75) is 24.4 Å². The molecular formula is C15H15FN2OS. The fourth-order valence-electron chi connectivity index (χ4n) is 2.07. The Morgan fingerprint density at radius 3 is 2.55 bits per heavy atom. The van der Waals surface area contributed by atoms with E-state index in [2.05, 4.69) is 5.32 Å². The smallest absolute Gasteiger partial charge is 0.240 e. The van der Waals surface area contributed by atoms with Gasteiger partial charge in [0.25, 0.3) is 0 Å². The van der Waals surface area contributed by atoms with Crippen LogP contribution in [-0.4, -0.2) is 11.4 Å². The number of thiophene rings is 1. The van der Waals surface area contributed by atoms with Crippen molar-refractivity contribution in [2.75, 3.05) is 0 Å². The van der Waals surface area contributed by atoms with E-state index in [1.54, 1.807) is 23.5 Å². The van der Waals surface area contributed by atoms with Crippen molar-refractivity contribution in [1.82, 2.24) is 5.32 Å². The lowest BCUT2D eigenvalue weighted by atomic mass is 10.0. The zero-order chi connectivity index (χ0) is 14.2. The number of nitrogens with two attached hydrogens (primary N) is 1. The van der Waals surface area contributed by atoms with Crippen LogP contribution < -0.4 is 11.1 Å². The van der Waals surface area contributed by atoms with E-state index in [1.807, 2.05) is 17.5 Å². The Kier molecular flexibility index (Phi) is 3.31. The molecule has 0 spiro atoms. The zero-order valence-electron chi connectivity index (χ0n) is 10.8. The summed E-state index contributed by atoms with van der Waals surface area (Å²) in [5.41, 5.74) is 6.07. The van der Waals surface area contributed by atoms with E-state index in [9.17, 15) is 9.18 Å². The van der Waals surface area contributed by atoms with Crippen LogP contribution in [0.3, 0.4) is 0 Å². The normalized spacial score (nSPS) is 17.5. The van der Waals surface area contributed by atoms with E-state index in [4.69, 9.17) is 5.73 Å². The van der Waals surface area contributed by atoms with Crippen molar-refractivity contribution >= 4 is 17.2 Å². The number of hydrogen-bond acceptors (Lipinski definition) is 3. The van der Waals surface area contributed by atoms with Gasteiger partial charge in [0.15, 0.2) is 0 Å². The Labute approximate surface area is 120 Å². The molecule has 1 aliphatic carbocycles. The molecule has 1 amide bonds. The molecule has 0 radical (unpaired) electrons. The summed E-state index contributed by atoms with van der Waals surface area (Å²) in [6.07, 6.45) is 1.44. The molecule has 1 aliphatic rings. The second kappa shape index (κ2) is 5.00. The third-order valence-electron chi connectivity index (χ3n) is 3.55. The maximum Gasteiger partial charge on any atom is 0.240 e. The van der Waals surface area contributed by atoms with E-state index >= 15 is 0 Å². The Balaban J connectivity index is 1.88. The van der Waals surface area contributed by atoms with E-state index in [-0.39, 0.29) is 17.8 Å². The molecular weight excluding hydrogens is 275 g/mol. The van der Waals surface area contributed by atoms with Gasteiger partial charge in [-0.1, -0.05) is 18.2 Å². The Morgan fingerprint density at radius 1 is 1.30 bits per heavy atom. The summed E-state index contributed by atoms with van der Waals surface area (Å²) in [6.45, 7) is 0. The first-order valence-electron chi connectivity index (χ1n) is 6.47. The fourth-order valence-corrected chi connectivity index (χ4v) is 2.87. The minimum atomic E-state index is -0.713. The number of carbonyl (C=O) groups excluding carboxylic acids is 1. The predicted molar refractivity (Wildman–Crippen MR) is 76.9 cm³/mol. The topological polar surface area (TPSA) is 55.1 Å². The molecule has 20 heavy (non-hydrogen) atoms. The quantitative estimate of drug-likeness (QED) is 0.909. The van der Waals surface area contributed by atoms with Crippen LogP contribution in [0, 0.1) is 5.82 Å². The first-order valence-corrected chi connectivity index (χ1v) is 7.35. The first-order chi connectivity index (χ1) is 9.58. The summed E-state index contributed by atoms with van der Waals surface area (Å²) in [5.74, 6) is -0.428. The molecule has 1 saturated carbocycles. The second-order valence-electron chi connectivity index (χ2n) is 5.13. The van der Waals surface area contributed by atoms with Crippen LogP contribution in [0.4, 0.5) is 4.39 Å². The number of carbonyl (C=O) groups is 1. The predicted octanol–water partition coefficient (Wildman–Crippen LogP) is 2.58. The number of halogens is 1. The molecule has 1 fully saturated rings. The van der Waals surface area contributed by atoms with Crippen LogP contribution in [0.5, 0.6) is 0 Å². The van der Waals surface area contributed by atoms with Crippen LogP contribution >= 0.6 is 11.3 Å². The molecule has 1 aromatic carbocycles. The fraction of sp³-hybridized carbons (Fsp3) is 0.267. The first kappa shape index (κ1) is 13.3. The highest BCUT2D eigenvalue weighted by molar-refractivity contribution is 7.10. The van der Waals surface area contributed by atoms with Gasteiger partial charge in [0.05, 0.1) is 11.6 Å². The van der Waals surface area contributed by atoms with Crippen molar-refractivity contribution in [3.8, 4) is 0 Å². The monoisotopic (exact) mass is 290 g/mol. The van der Waals surface area contributed by atoms with Gasteiger partial charge in [-0.05, 0) is 42.0 Å². The van der Waals surface area contributed by atoms with E-state index in [0.717, 1.165) is 23.3 Å². The van der Waals surface area contributed by atoms with Gasteiger partial charge < -0.3 is 11.1 Å². The molecule has 0 aliphatic heterocycles. The SMILES string of the molecule is NC1(C(=O)NC(c2ccc(F)cc2)c2cccs2)CC1. The standard InChI is InChI=1S/C15H15FN2OS/c16-11-5-3-10(4-6-11)13(12-2-1-9-20-12)18-14(19)15(17)7-8-15/h1-6,9,13H,7-8,17H2,(H,18,19). The highest BCUT2D eigenvalue weighted by Crippen LogP contribution is 2.34. The van der Waals surface area contributed by atoms with Gasteiger partial charge in [-0.3, -0.25) is 4.79 Å². The lowest BCUT2D eigenvalue weighted by Gasteiger charge is -2.20. The third-order valence-corrected chi connectivity index (χ3v) is 4.48. The molecule has 1 heterocycles. The highest BCUT2D eigenvalue weighted by atomic mass is 32.1. The molecule has 0 saturated heterocycles. The average molecular weight is 290 g/mol. The van der Waals surface area contributed by atoms with E-state index < -0.39 is 5.54 Å². The number of nitrogens with one attached hydrogen (secondary N) is 1. The molecule has 3 rings (SSSR count). The summed E-state index contributed by atoms with van der Waals surface area (Å²) in [6, 6.07) is 9.79. The summed E-state index contributed by atoms with van der Waals surface area (Å²) in [4.78, 5) is 13.2. The summed E-state index contributed by atoms with van der Waals surface area (Å²) >= 11 is 1.55. The van der Waals surface area contributed by atoms with Crippen molar-refractivity contribution in [2.24, 2.45) is 5.73 Å². The lowest BCUT2D eigenvalue weighted by molar-refractivity contribution is -0.123. The Hall–Kier alpha value is -1.72. The van der Waals surface area contributed by atoms with Gasteiger partial charge in [0.1, 0.15) is 5.82 Å². The van der Waals surface area contributed by atoms with Gasteiger partial charge in [-0.2, -0.15) is 0 Å². The van der Waals surface area contributed by atoms with E-state index in [0.29, 0.717) is 0 Å². The van der Waals surface area contributed by atoms with Gasteiger partial charge in [0, 0.05) is 4.88 Å². The maximum absolute atomic E-state index is 13.0.